The van der Waals surface area contributed by atoms with Gasteiger partial charge >= 0.3 is 5.97 Å². The van der Waals surface area contributed by atoms with E-state index in [0.717, 1.165) is 0 Å². The molecular formula is C7H14N2O3. The molecule has 0 spiro atoms. The van der Waals surface area contributed by atoms with Crippen LogP contribution in [-0.4, -0.2) is 29.1 Å². The third kappa shape index (κ3) is 4.68. The number of nitrogens with two attached hydrogens (primary N) is 1. The SMILES string of the molecule is C[C@H](N)CC(=O)N[C@@H](C)C(=O)O. The second-order valence-corrected chi connectivity index (χ2v) is 2.81. The van der Waals surface area contributed by atoms with E-state index in [1.165, 1.54) is 6.92 Å². The Bertz CT molecular complexity index is 179. The van der Waals surface area contributed by atoms with Gasteiger partial charge < -0.3 is 16.2 Å². The van der Waals surface area contributed by atoms with Crippen molar-refractivity contribution in [3.05, 3.63) is 0 Å². The predicted octanol–water partition coefficient (Wildman–Crippen LogP) is -0.687. The van der Waals surface area contributed by atoms with Crippen LogP contribution in [0.25, 0.3) is 0 Å². The Balaban J connectivity index is 3.77. The number of carboxylic acids is 1. The molecule has 12 heavy (non-hydrogen) atoms. The zero-order valence-electron chi connectivity index (χ0n) is 7.20. The van der Waals surface area contributed by atoms with E-state index < -0.39 is 12.0 Å². The lowest BCUT2D eigenvalue weighted by molar-refractivity contribution is -0.141. The van der Waals surface area contributed by atoms with Crippen molar-refractivity contribution in [1.29, 1.82) is 0 Å². The van der Waals surface area contributed by atoms with Gasteiger partial charge in [0.05, 0.1) is 0 Å². The summed E-state index contributed by atoms with van der Waals surface area (Å²) in [7, 11) is 0. The molecule has 0 aromatic heterocycles. The van der Waals surface area contributed by atoms with Gasteiger partial charge in [-0.3, -0.25) is 9.59 Å². The molecule has 1 amide bonds. The second kappa shape index (κ2) is 4.71. The fraction of sp³-hybridized carbons (Fsp3) is 0.714. The molecule has 0 saturated heterocycles. The third-order valence-corrected chi connectivity index (χ3v) is 1.26. The Morgan fingerprint density at radius 3 is 2.33 bits per heavy atom. The minimum absolute atomic E-state index is 0.150. The molecule has 5 heteroatoms. The highest BCUT2D eigenvalue weighted by atomic mass is 16.4. The molecule has 0 bridgehead atoms. The Kier molecular flexibility index (Phi) is 4.28. The van der Waals surface area contributed by atoms with Gasteiger partial charge in [-0.1, -0.05) is 0 Å². The Morgan fingerprint density at radius 1 is 1.50 bits per heavy atom. The van der Waals surface area contributed by atoms with Crippen LogP contribution in [0.4, 0.5) is 0 Å². The maximum absolute atomic E-state index is 10.9. The van der Waals surface area contributed by atoms with Gasteiger partial charge in [0.25, 0.3) is 0 Å². The van der Waals surface area contributed by atoms with Crippen LogP contribution >= 0.6 is 0 Å². The molecule has 0 unspecified atom stereocenters. The molecule has 0 saturated carbocycles. The van der Waals surface area contributed by atoms with Crippen molar-refractivity contribution in [3.8, 4) is 0 Å². The van der Waals surface area contributed by atoms with Crippen LogP contribution in [0, 0.1) is 0 Å². The minimum Gasteiger partial charge on any atom is -0.480 e. The molecule has 0 aromatic carbocycles. The molecule has 0 aliphatic heterocycles. The first kappa shape index (κ1) is 10.9. The van der Waals surface area contributed by atoms with Gasteiger partial charge in [-0.05, 0) is 13.8 Å². The number of carbonyl (C=O) groups excluding carboxylic acids is 1. The molecule has 70 valence electrons. The third-order valence-electron chi connectivity index (χ3n) is 1.26. The van der Waals surface area contributed by atoms with Gasteiger partial charge in [-0.2, -0.15) is 0 Å². The van der Waals surface area contributed by atoms with E-state index in [1.54, 1.807) is 6.92 Å². The fourth-order valence-corrected chi connectivity index (χ4v) is 0.655. The van der Waals surface area contributed by atoms with Crippen LogP contribution in [0.2, 0.25) is 0 Å². The van der Waals surface area contributed by atoms with Crippen LogP contribution in [-0.2, 0) is 9.59 Å². The molecule has 0 aromatic rings. The van der Waals surface area contributed by atoms with Crippen molar-refractivity contribution in [2.75, 3.05) is 0 Å². The molecule has 4 N–H and O–H groups in total. The molecule has 0 aliphatic rings. The van der Waals surface area contributed by atoms with E-state index in [-0.39, 0.29) is 18.4 Å². The molecule has 0 heterocycles. The summed E-state index contributed by atoms with van der Waals surface area (Å²) in [5.41, 5.74) is 5.34. The topological polar surface area (TPSA) is 92.4 Å². The highest BCUT2D eigenvalue weighted by molar-refractivity contribution is 5.83. The maximum atomic E-state index is 10.9. The molecule has 0 aliphatic carbocycles. The highest BCUT2D eigenvalue weighted by Crippen LogP contribution is 1.88. The van der Waals surface area contributed by atoms with E-state index in [0.29, 0.717) is 0 Å². The van der Waals surface area contributed by atoms with Crippen molar-refractivity contribution in [1.82, 2.24) is 5.32 Å². The standard InChI is InChI=1S/C7H14N2O3/c1-4(8)3-6(10)9-5(2)7(11)12/h4-5H,3,8H2,1-2H3,(H,9,10)(H,11,12)/t4-,5-/m0/s1. The zero-order chi connectivity index (χ0) is 9.72. The fourth-order valence-electron chi connectivity index (χ4n) is 0.655. The summed E-state index contributed by atoms with van der Waals surface area (Å²) in [5, 5.41) is 10.7. The first-order valence-corrected chi connectivity index (χ1v) is 3.71. The summed E-state index contributed by atoms with van der Waals surface area (Å²) in [6.07, 6.45) is 0.150. The first-order chi connectivity index (χ1) is 5.43. The monoisotopic (exact) mass is 174 g/mol. The second-order valence-electron chi connectivity index (χ2n) is 2.81. The smallest absolute Gasteiger partial charge is 0.325 e. The van der Waals surface area contributed by atoms with Gasteiger partial charge in [0.2, 0.25) is 5.91 Å². The lowest BCUT2D eigenvalue weighted by Crippen LogP contribution is -2.40. The van der Waals surface area contributed by atoms with Crippen molar-refractivity contribution in [3.63, 3.8) is 0 Å². The average Bonchev–Trinajstić information content (AvgIpc) is 1.84. The number of rotatable bonds is 4. The molecule has 2 atom stereocenters. The molecule has 5 nitrogen and oxygen atoms in total. The van der Waals surface area contributed by atoms with Crippen molar-refractivity contribution >= 4 is 11.9 Å². The van der Waals surface area contributed by atoms with Crippen LogP contribution < -0.4 is 11.1 Å². The molecule has 0 radical (unpaired) electrons. The molecular weight excluding hydrogens is 160 g/mol. The maximum Gasteiger partial charge on any atom is 0.325 e. The number of aliphatic carboxylic acids is 1. The zero-order valence-corrected chi connectivity index (χ0v) is 7.20. The Labute approximate surface area is 70.9 Å². The van der Waals surface area contributed by atoms with Crippen LogP contribution in [0.1, 0.15) is 20.3 Å². The normalized spacial score (nSPS) is 14.9. The van der Waals surface area contributed by atoms with Gasteiger partial charge in [-0.15, -0.1) is 0 Å². The van der Waals surface area contributed by atoms with E-state index in [2.05, 4.69) is 5.32 Å². The predicted molar refractivity (Wildman–Crippen MR) is 43.5 cm³/mol. The van der Waals surface area contributed by atoms with Crippen LogP contribution in [0.3, 0.4) is 0 Å². The van der Waals surface area contributed by atoms with E-state index in [9.17, 15) is 9.59 Å². The number of carboxylic acid groups (broad SMARTS) is 1. The quantitative estimate of drug-likeness (QED) is 0.526. The lowest BCUT2D eigenvalue weighted by Gasteiger charge is -2.10. The largest absolute Gasteiger partial charge is 0.480 e. The van der Waals surface area contributed by atoms with E-state index in [4.69, 9.17) is 10.8 Å². The molecule has 0 fully saturated rings. The molecule has 0 rings (SSSR count). The van der Waals surface area contributed by atoms with E-state index >= 15 is 0 Å². The van der Waals surface area contributed by atoms with Crippen molar-refractivity contribution < 1.29 is 14.7 Å². The Hall–Kier alpha value is -1.10. The minimum atomic E-state index is -1.05. The van der Waals surface area contributed by atoms with Gasteiger partial charge in [0.15, 0.2) is 0 Å². The van der Waals surface area contributed by atoms with Gasteiger partial charge in [0, 0.05) is 12.5 Å². The number of carbonyl (C=O) groups is 2. The first-order valence-electron chi connectivity index (χ1n) is 3.71. The van der Waals surface area contributed by atoms with Gasteiger partial charge in [-0.25, -0.2) is 0 Å². The Morgan fingerprint density at radius 2 is 2.00 bits per heavy atom. The van der Waals surface area contributed by atoms with Crippen molar-refractivity contribution in [2.45, 2.75) is 32.4 Å². The van der Waals surface area contributed by atoms with Crippen LogP contribution in [0.5, 0.6) is 0 Å². The number of hydrogen-bond donors (Lipinski definition) is 3. The summed E-state index contributed by atoms with van der Waals surface area (Å²) in [4.78, 5) is 21.2. The van der Waals surface area contributed by atoms with Gasteiger partial charge in [0.1, 0.15) is 6.04 Å². The van der Waals surface area contributed by atoms with E-state index in [1.807, 2.05) is 0 Å². The number of amides is 1. The summed E-state index contributed by atoms with van der Waals surface area (Å²) in [6, 6.07) is -1.10. The number of nitrogens with one attached hydrogen (secondary N) is 1. The summed E-state index contributed by atoms with van der Waals surface area (Å²) < 4.78 is 0. The van der Waals surface area contributed by atoms with Crippen LogP contribution in [0.15, 0.2) is 0 Å². The summed E-state index contributed by atoms with van der Waals surface area (Å²) >= 11 is 0. The summed E-state index contributed by atoms with van der Waals surface area (Å²) in [6.45, 7) is 3.09. The lowest BCUT2D eigenvalue weighted by atomic mass is 10.2. The number of hydrogen-bond acceptors (Lipinski definition) is 3. The average molecular weight is 174 g/mol. The summed E-state index contributed by atoms with van der Waals surface area (Å²) in [5.74, 6) is -1.38. The van der Waals surface area contributed by atoms with Crippen molar-refractivity contribution in [2.24, 2.45) is 5.73 Å². The highest BCUT2D eigenvalue weighted by Gasteiger charge is 2.14.